The second kappa shape index (κ2) is 17.0. The molecule has 12 nitrogen and oxygen atoms in total. The van der Waals surface area contributed by atoms with Crippen molar-refractivity contribution in [2.45, 2.75) is 63.5 Å². The van der Waals surface area contributed by atoms with Crippen molar-refractivity contribution in [3.63, 3.8) is 0 Å². The summed E-state index contributed by atoms with van der Waals surface area (Å²) in [4.78, 5) is 72.1. The lowest BCUT2D eigenvalue weighted by molar-refractivity contribution is -0.136. The lowest BCUT2D eigenvalue weighted by Gasteiger charge is -2.38. The molecular formula is C45H45ClN6O6. The van der Waals surface area contributed by atoms with E-state index in [2.05, 4.69) is 33.0 Å². The van der Waals surface area contributed by atoms with E-state index in [0.29, 0.717) is 58.0 Å². The number of likely N-dealkylation sites (tertiary alicyclic amines) is 2. The number of nitrogens with zero attached hydrogens (tertiary/aromatic N) is 5. The lowest BCUT2D eigenvalue weighted by Crippen LogP contribution is -2.54. The molecular weight excluding hydrogens is 756 g/mol. The van der Waals surface area contributed by atoms with Gasteiger partial charge in [-0.05, 0) is 112 Å². The average Bonchev–Trinajstić information content (AvgIpc) is 3.49. The van der Waals surface area contributed by atoms with Crippen LogP contribution in [0.25, 0.3) is 0 Å². The highest BCUT2D eigenvalue weighted by Crippen LogP contribution is 2.36. The van der Waals surface area contributed by atoms with Gasteiger partial charge in [0, 0.05) is 55.7 Å². The van der Waals surface area contributed by atoms with E-state index in [1.165, 1.54) is 0 Å². The highest BCUT2D eigenvalue weighted by atomic mass is 35.5. The summed E-state index contributed by atoms with van der Waals surface area (Å²) in [5, 5.41) is 11.7. The predicted octanol–water partition coefficient (Wildman–Crippen LogP) is 5.28. The van der Waals surface area contributed by atoms with E-state index >= 15 is 0 Å². The van der Waals surface area contributed by atoms with Crippen molar-refractivity contribution in [1.29, 1.82) is 5.26 Å². The summed E-state index contributed by atoms with van der Waals surface area (Å²) < 4.78 is 6.12. The Morgan fingerprint density at radius 1 is 0.879 bits per heavy atom. The number of amides is 5. The van der Waals surface area contributed by atoms with Gasteiger partial charge in [0.15, 0.2) is 0 Å². The minimum Gasteiger partial charge on any atom is -0.489 e. The number of imide groups is 2. The van der Waals surface area contributed by atoms with E-state index in [1.54, 1.807) is 30.3 Å². The molecule has 58 heavy (non-hydrogen) atoms. The molecule has 2 unspecified atom stereocenters. The second-order valence-electron chi connectivity index (χ2n) is 15.9. The molecule has 298 valence electrons. The number of hydrogen-bond acceptors (Lipinski definition) is 9. The first kappa shape index (κ1) is 39.2. The summed E-state index contributed by atoms with van der Waals surface area (Å²) >= 11 is 6.18. The molecule has 2 atom stereocenters. The molecule has 4 fully saturated rings. The van der Waals surface area contributed by atoms with Crippen molar-refractivity contribution in [1.82, 2.24) is 20.0 Å². The SMILES string of the molecule is N#Cc1ccc(OC2CCCN(C(=O)c3ccc(C#CC4CCN(CC5CCN(c6cccc7c6C(=O)N(C6CCC(=O)NC6=O)C7=O)CC5)CC4)cc3)C2)cc1Cl. The van der Waals surface area contributed by atoms with Crippen LogP contribution in [0, 0.1) is 35.0 Å². The fourth-order valence-corrected chi connectivity index (χ4v) is 9.09. The van der Waals surface area contributed by atoms with Crippen LogP contribution in [0.1, 0.15) is 93.6 Å². The Hall–Kier alpha value is -5.69. The lowest BCUT2D eigenvalue weighted by atomic mass is 9.92. The summed E-state index contributed by atoms with van der Waals surface area (Å²) in [5.41, 5.74) is 3.32. The normalized spacial score (nSPS) is 21.9. The van der Waals surface area contributed by atoms with Gasteiger partial charge in [-0.1, -0.05) is 29.5 Å². The van der Waals surface area contributed by atoms with Crippen LogP contribution in [0.2, 0.25) is 5.02 Å². The average molecular weight is 801 g/mol. The molecule has 3 aromatic rings. The fourth-order valence-electron chi connectivity index (χ4n) is 8.88. The van der Waals surface area contributed by atoms with Gasteiger partial charge in [0.05, 0.1) is 33.9 Å². The second-order valence-corrected chi connectivity index (χ2v) is 16.3. The summed E-state index contributed by atoms with van der Waals surface area (Å²) in [6.07, 6.45) is 5.69. The van der Waals surface area contributed by atoms with Crippen molar-refractivity contribution in [3.05, 3.63) is 93.5 Å². The van der Waals surface area contributed by atoms with E-state index in [9.17, 15) is 24.0 Å². The van der Waals surface area contributed by atoms with Crippen molar-refractivity contribution in [2.24, 2.45) is 11.8 Å². The molecule has 3 aromatic carbocycles. The first-order chi connectivity index (χ1) is 28.1. The molecule has 0 saturated carbocycles. The number of hydrogen-bond donors (Lipinski definition) is 1. The maximum atomic E-state index is 13.6. The summed E-state index contributed by atoms with van der Waals surface area (Å²) in [5.74, 6) is 6.28. The molecule has 0 bridgehead atoms. The molecule has 0 spiro atoms. The van der Waals surface area contributed by atoms with Gasteiger partial charge < -0.3 is 19.4 Å². The Balaban J connectivity index is 0.784. The molecule has 13 heteroatoms. The van der Waals surface area contributed by atoms with Crippen LogP contribution in [0.15, 0.2) is 60.7 Å². The first-order valence-corrected chi connectivity index (χ1v) is 20.6. The van der Waals surface area contributed by atoms with Crippen LogP contribution < -0.4 is 15.0 Å². The number of ether oxygens (including phenoxy) is 1. The summed E-state index contributed by atoms with van der Waals surface area (Å²) in [6, 6.07) is 19.0. The third-order valence-corrected chi connectivity index (χ3v) is 12.4. The molecule has 4 saturated heterocycles. The maximum Gasteiger partial charge on any atom is 0.264 e. The zero-order valence-electron chi connectivity index (χ0n) is 32.3. The van der Waals surface area contributed by atoms with Gasteiger partial charge in [0.25, 0.3) is 17.7 Å². The Morgan fingerprint density at radius 2 is 1.66 bits per heavy atom. The van der Waals surface area contributed by atoms with Crippen LogP contribution in [-0.4, -0.2) is 102 Å². The Labute approximate surface area is 343 Å². The molecule has 5 heterocycles. The third kappa shape index (κ3) is 8.31. The van der Waals surface area contributed by atoms with E-state index in [1.807, 2.05) is 35.2 Å². The zero-order valence-corrected chi connectivity index (χ0v) is 33.0. The predicted molar refractivity (Wildman–Crippen MR) is 216 cm³/mol. The van der Waals surface area contributed by atoms with Crippen molar-refractivity contribution in [2.75, 3.05) is 50.7 Å². The first-order valence-electron chi connectivity index (χ1n) is 20.2. The molecule has 0 radical (unpaired) electrons. The molecule has 0 aliphatic carbocycles. The number of carbonyl (C=O) groups is 5. The number of nitrogens with one attached hydrogen (secondary N) is 1. The topological polar surface area (TPSA) is 143 Å². The number of nitriles is 1. The monoisotopic (exact) mass is 800 g/mol. The van der Waals surface area contributed by atoms with Gasteiger partial charge in [0.1, 0.15) is 24.0 Å². The minimum atomic E-state index is -0.978. The van der Waals surface area contributed by atoms with Crippen LogP contribution >= 0.6 is 11.6 Å². The van der Waals surface area contributed by atoms with Crippen LogP contribution in [-0.2, 0) is 9.59 Å². The van der Waals surface area contributed by atoms with Crippen LogP contribution in [0.5, 0.6) is 5.75 Å². The molecule has 0 aromatic heterocycles. The highest BCUT2D eigenvalue weighted by Gasteiger charge is 2.46. The molecule has 5 aliphatic rings. The Morgan fingerprint density at radius 3 is 2.38 bits per heavy atom. The van der Waals surface area contributed by atoms with Gasteiger partial charge in [0.2, 0.25) is 11.8 Å². The quantitative estimate of drug-likeness (QED) is 0.250. The fraction of sp³-hybridized carbons (Fsp3) is 0.422. The Kier molecular flexibility index (Phi) is 11.5. The van der Waals surface area contributed by atoms with Crippen LogP contribution in [0.3, 0.4) is 0 Å². The number of benzene rings is 3. The number of piperidine rings is 4. The number of anilines is 1. The van der Waals surface area contributed by atoms with Crippen LogP contribution in [0.4, 0.5) is 5.69 Å². The van der Waals surface area contributed by atoms with E-state index in [0.717, 1.165) is 87.4 Å². The van der Waals surface area contributed by atoms with Crippen molar-refractivity contribution in [3.8, 4) is 23.7 Å². The number of rotatable bonds is 7. The molecule has 8 rings (SSSR count). The largest absolute Gasteiger partial charge is 0.489 e. The minimum absolute atomic E-state index is 0.0303. The van der Waals surface area contributed by atoms with E-state index in [-0.39, 0.29) is 24.9 Å². The standard InChI is InChI=1S/C45H45ClN6O6/c46-37-25-34(13-12-33(37)26-47)58-35-3-2-20-51(28-35)43(55)32-10-8-29(9-11-32)6-7-30-16-21-49(22-17-30)27-31-18-23-50(24-19-31)38-5-1-4-36-41(38)45(57)52(44(36)56)39-14-15-40(53)48-42(39)54/h1,4-5,8-13,25,30-31,35,39H,2-3,14-24,27-28H2,(H,48,53,54). The molecule has 5 aliphatic heterocycles. The summed E-state index contributed by atoms with van der Waals surface area (Å²) in [7, 11) is 0. The Bertz CT molecular complexity index is 2230. The number of fused-ring (bicyclic) bond motifs is 1. The molecule has 1 N–H and O–H groups in total. The number of halogens is 1. The highest BCUT2D eigenvalue weighted by molar-refractivity contribution is 6.31. The van der Waals surface area contributed by atoms with E-state index in [4.69, 9.17) is 21.6 Å². The van der Waals surface area contributed by atoms with Gasteiger partial charge in [-0.25, -0.2) is 0 Å². The van der Waals surface area contributed by atoms with E-state index < -0.39 is 29.7 Å². The maximum absolute atomic E-state index is 13.6. The zero-order chi connectivity index (χ0) is 40.3. The third-order valence-electron chi connectivity index (χ3n) is 12.1. The number of carbonyl (C=O) groups excluding carboxylic acids is 5. The van der Waals surface area contributed by atoms with Gasteiger partial charge >= 0.3 is 0 Å². The summed E-state index contributed by atoms with van der Waals surface area (Å²) in [6.45, 7) is 5.69. The molecule has 5 amide bonds. The van der Waals surface area contributed by atoms with Gasteiger partial charge in [-0.2, -0.15) is 5.26 Å². The van der Waals surface area contributed by atoms with Gasteiger partial charge in [-0.3, -0.25) is 34.2 Å². The smallest absolute Gasteiger partial charge is 0.264 e. The van der Waals surface area contributed by atoms with Gasteiger partial charge in [-0.15, -0.1) is 0 Å². The van der Waals surface area contributed by atoms with Crippen molar-refractivity contribution >= 4 is 46.8 Å². The van der Waals surface area contributed by atoms with Crippen molar-refractivity contribution < 1.29 is 28.7 Å².